The largest absolute Gasteiger partial charge is 0.487 e. The van der Waals surface area contributed by atoms with E-state index in [1.165, 1.54) is 12.1 Å². The molecule has 0 aliphatic carbocycles. The van der Waals surface area contributed by atoms with Gasteiger partial charge in [0, 0.05) is 12.1 Å². The first-order chi connectivity index (χ1) is 12.8. The van der Waals surface area contributed by atoms with Crippen LogP contribution < -0.4 is 15.4 Å². The van der Waals surface area contributed by atoms with Crippen LogP contribution in [0, 0.1) is 17.3 Å². The Kier molecular flexibility index (Phi) is 5.94. The SMILES string of the molecule is O=C1NC(=O)C(=Cc2cc(I)c(OCc3cccc([N+](=O)[O-])c3)c(I)c2)N1. The molecule has 1 fully saturated rings. The lowest BCUT2D eigenvalue weighted by Gasteiger charge is -2.12. The van der Waals surface area contributed by atoms with E-state index in [-0.39, 0.29) is 18.0 Å². The van der Waals surface area contributed by atoms with Gasteiger partial charge in [-0.1, -0.05) is 12.1 Å². The van der Waals surface area contributed by atoms with Gasteiger partial charge in [0.1, 0.15) is 18.1 Å². The minimum atomic E-state index is -0.549. The lowest BCUT2D eigenvalue weighted by molar-refractivity contribution is -0.384. The molecule has 1 heterocycles. The van der Waals surface area contributed by atoms with Crippen LogP contribution in [-0.4, -0.2) is 16.9 Å². The first kappa shape index (κ1) is 19.5. The highest BCUT2D eigenvalue weighted by Gasteiger charge is 2.23. The number of carbonyl (C=O) groups is 2. The molecule has 0 spiro atoms. The summed E-state index contributed by atoms with van der Waals surface area (Å²) in [6.45, 7) is 0.187. The van der Waals surface area contributed by atoms with E-state index in [9.17, 15) is 19.7 Å². The second kappa shape index (κ2) is 8.21. The summed E-state index contributed by atoms with van der Waals surface area (Å²) in [6.07, 6.45) is 1.58. The molecular weight excluding hydrogens is 580 g/mol. The Morgan fingerprint density at radius 3 is 2.41 bits per heavy atom. The van der Waals surface area contributed by atoms with Gasteiger partial charge in [0.2, 0.25) is 0 Å². The summed E-state index contributed by atoms with van der Waals surface area (Å²) in [4.78, 5) is 33.2. The molecule has 2 N–H and O–H groups in total. The standard InChI is InChI=1S/C17H11I2N3O5/c18-12-5-10(7-14-16(23)21-17(24)20-14)6-13(19)15(12)27-8-9-2-1-3-11(4-9)22(25)26/h1-7H,8H2,(H2,20,21,23,24). The van der Waals surface area contributed by atoms with Crippen LogP contribution in [-0.2, 0) is 11.4 Å². The highest BCUT2D eigenvalue weighted by atomic mass is 127. The summed E-state index contributed by atoms with van der Waals surface area (Å²) in [6, 6.07) is 9.35. The fraction of sp³-hybridized carbons (Fsp3) is 0.0588. The number of halogens is 2. The molecule has 27 heavy (non-hydrogen) atoms. The second-order valence-corrected chi connectivity index (χ2v) is 7.82. The van der Waals surface area contributed by atoms with E-state index in [1.54, 1.807) is 18.2 Å². The smallest absolute Gasteiger partial charge is 0.326 e. The number of amides is 3. The lowest BCUT2D eigenvalue weighted by atomic mass is 10.2. The molecule has 8 nitrogen and oxygen atoms in total. The van der Waals surface area contributed by atoms with Gasteiger partial charge in [0.25, 0.3) is 11.6 Å². The molecule has 0 aromatic heterocycles. The second-order valence-electron chi connectivity index (χ2n) is 5.50. The molecular formula is C17H11I2N3O5. The number of carbonyl (C=O) groups excluding carboxylic acids is 2. The predicted octanol–water partition coefficient (Wildman–Crippen LogP) is 3.56. The molecule has 0 unspecified atom stereocenters. The summed E-state index contributed by atoms with van der Waals surface area (Å²) >= 11 is 4.22. The van der Waals surface area contributed by atoms with Crippen LogP contribution >= 0.6 is 45.2 Å². The Hall–Kier alpha value is -2.22. The van der Waals surface area contributed by atoms with Gasteiger partial charge in [-0.25, -0.2) is 4.79 Å². The third kappa shape index (κ3) is 4.74. The highest BCUT2D eigenvalue weighted by molar-refractivity contribution is 14.1. The van der Waals surface area contributed by atoms with Crippen LogP contribution in [0.4, 0.5) is 10.5 Å². The number of nitro groups is 1. The number of non-ortho nitro benzene ring substituents is 1. The van der Waals surface area contributed by atoms with Gasteiger partial charge < -0.3 is 10.1 Å². The maximum atomic E-state index is 11.6. The zero-order valence-corrected chi connectivity index (χ0v) is 17.8. The molecule has 3 amide bonds. The van der Waals surface area contributed by atoms with Gasteiger partial charge in [-0.3, -0.25) is 20.2 Å². The summed E-state index contributed by atoms with van der Waals surface area (Å²) in [5.41, 5.74) is 1.61. The molecule has 0 bridgehead atoms. The number of nitrogens with one attached hydrogen (secondary N) is 2. The van der Waals surface area contributed by atoms with E-state index in [0.29, 0.717) is 11.3 Å². The Morgan fingerprint density at radius 1 is 1.11 bits per heavy atom. The zero-order chi connectivity index (χ0) is 19.6. The van der Waals surface area contributed by atoms with E-state index in [2.05, 4.69) is 55.8 Å². The van der Waals surface area contributed by atoms with Crippen molar-refractivity contribution in [3.05, 3.63) is 70.5 Å². The van der Waals surface area contributed by atoms with Gasteiger partial charge in [0.15, 0.2) is 0 Å². The first-order valence-corrected chi connectivity index (χ1v) is 9.68. The molecule has 1 aliphatic heterocycles. The summed E-state index contributed by atoms with van der Waals surface area (Å²) in [7, 11) is 0. The summed E-state index contributed by atoms with van der Waals surface area (Å²) in [5.74, 6) is 0.167. The number of urea groups is 1. The van der Waals surface area contributed by atoms with Gasteiger partial charge in [0.05, 0.1) is 12.1 Å². The fourth-order valence-electron chi connectivity index (χ4n) is 2.37. The molecule has 1 saturated heterocycles. The number of benzene rings is 2. The van der Waals surface area contributed by atoms with Crippen LogP contribution in [0.1, 0.15) is 11.1 Å². The third-order valence-electron chi connectivity index (χ3n) is 3.56. The van der Waals surface area contributed by atoms with E-state index in [0.717, 1.165) is 12.7 Å². The van der Waals surface area contributed by atoms with Crippen molar-refractivity contribution >= 4 is 68.9 Å². The Bertz CT molecular complexity index is 967. The van der Waals surface area contributed by atoms with Crippen molar-refractivity contribution in [1.82, 2.24) is 10.6 Å². The van der Waals surface area contributed by atoms with Crippen molar-refractivity contribution in [2.24, 2.45) is 0 Å². The Morgan fingerprint density at radius 2 is 1.81 bits per heavy atom. The first-order valence-electron chi connectivity index (χ1n) is 7.52. The molecule has 1 aliphatic rings. The van der Waals surface area contributed by atoms with Gasteiger partial charge >= 0.3 is 6.03 Å². The van der Waals surface area contributed by atoms with E-state index in [4.69, 9.17) is 4.74 Å². The number of nitro benzene ring substituents is 1. The maximum absolute atomic E-state index is 11.6. The fourth-order valence-corrected chi connectivity index (χ4v) is 4.49. The van der Waals surface area contributed by atoms with E-state index < -0.39 is 16.9 Å². The van der Waals surface area contributed by atoms with Gasteiger partial charge in [-0.2, -0.15) is 0 Å². The Balaban J connectivity index is 1.78. The maximum Gasteiger partial charge on any atom is 0.326 e. The average Bonchev–Trinajstić information content (AvgIpc) is 2.91. The number of rotatable bonds is 5. The van der Waals surface area contributed by atoms with Crippen molar-refractivity contribution in [2.45, 2.75) is 6.61 Å². The minimum Gasteiger partial charge on any atom is -0.487 e. The van der Waals surface area contributed by atoms with Crippen molar-refractivity contribution in [3.63, 3.8) is 0 Å². The minimum absolute atomic E-state index is 0.0133. The monoisotopic (exact) mass is 591 g/mol. The molecule has 0 saturated carbocycles. The Labute approximate surface area is 180 Å². The number of ether oxygens (including phenoxy) is 1. The molecule has 0 radical (unpaired) electrons. The number of imide groups is 1. The molecule has 138 valence electrons. The normalized spacial score (nSPS) is 14.8. The molecule has 10 heteroatoms. The molecule has 2 aromatic carbocycles. The van der Waals surface area contributed by atoms with Crippen molar-refractivity contribution in [2.75, 3.05) is 0 Å². The van der Waals surface area contributed by atoms with Crippen LogP contribution in [0.2, 0.25) is 0 Å². The average molecular weight is 591 g/mol. The summed E-state index contributed by atoms with van der Waals surface area (Å²) in [5, 5.41) is 15.4. The van der Waals surface area contributed by atoms with Gasteiger partial charge in [-0.05, 0) is 74.5 Å². The zero-order valence-electron chi connectivity index (χ0n) is 13.5. The molecule has 2 aromatic rings. The van der Waals surface area contributed by atoms with Crippen molar-refractivity contribution in [3.8, 4) is 5.75 Å². The molecule has 3 rings (SSSR count). The predicted molar refractivity (Wildman–Crippen MR) is 114 cm³/mol. The topological polar surface area (TPSA) is 111 Å². The number of hydrogen-bond acceptors (Lipinski definition) is 5. The number of nitrogens with zero attached hydrogens (tertiary/aromatic N) is 1. The van der Waals surface area contributed by atoms with Crippen LogP contribution in [0.15, 0.2) is 42.1 Å². The van der Waals surface area contributed by atoms with E-state index >= 15 is 0 Å². The van der Waals surface area contributed by atoms with Gasteiger partial charge in [-0.15, -0.1) is 0 Å². The van der Waals surface area contributed by atoms with Crippen LogP contribution in [0.25, 0.3) is 6.08 Å². The third-order valence-corrected chi connectivity index (χ3v) is 5.16. The van der Waals surface area contributed by atoms with Crippen molar-refractivity contribution < 1.29 is 19.2 Å². The number of hydrogen-bond donors (Lipinski definition) is 2. The summed E-state index contributed by atoms with van der Waals surface area (Å²) < 4.78 is 7.46. The quantitative estimate of drug-likeness (QED) is 0.182. The molecule has 0 atom stereocenters. The van der Waals surface area contributed by atoms with Crippen molar-refractivity contribution in [1.29, 1.82) is 0 Å². The highest BCUT2D eigenvalue weighted by Crippen LogP contribution is 2.30. The lowest BCUT2D eigenvalue weighted by Crippen LogP contribution is -2.22. The van der Waals surface area contributed by atoms with Crippen LogP contribution in [0.3, 0.4) is 0 Å². The van der Waals surface area contributed by atoms with Crippen LogP contribution in [0.5, 0.6) is 5.75 Å². The van der Waals surface area contributed by atoms with E-state index in [1.807, 2.05) is 12.1 Å².